The minimum atomic E-state index is 0.643. The number of rotatable bonds is 3. The highest BCUT2D eigenvalue weighted by Crippen LogP contribution is 2.47. The maximum atomic E-state index is 4.19. The second-order valence-corrected chi connectivity index (χ2v) is 4.40. The number of nitrogens with zero attached hydrogens (tertiary/aromatic N) is 2. The minimum Gasteiger partial charge on any atom is -0.351 e. The third-order valence-electron chi connectivity index (χ3n) is 3.44. The Morgan fingerprint density at radius 3 is 2.43 bits per heavy atom. The van der Waals surface area contributed by atoms with Crippen LogP contribution in [0.1, 0.15) is 25.7 Å². The number of aromatic nitrogens is 2. The van der Waals surface area contributed by atoms with Crippen molar-refractivity contribution in [3.63, 3.8) is 0 Å². The van der Waals surface area contributed by atoms with Crippen molar-refractivity contribution in [2.45, 2.75) is 31.7 Å². The fraction of sp³-hybridized carbons (Fsp3) is 0.636. The van der Waals surface area contributed by atoms with Crippen LogP contribution in [0.2, 0.25) is 0 Å². The van der Waals surface area contributed by atoms with E-state index in [1.54, 1.807) is 12.4 Å². The van der Waals surface area contributed by atoms with Gasteiger partial charge in [-0.2, -0.15) is 0 Å². The zero-order chi connectivity index (χ0) is 9.38. The Balaban J connectivity index is 1.62. The van der Waals surface area contributed by atoms with Gasteiger partial charge in [0.1, 0.15) is 0 Å². The molecule has 1 N–H and O–H groups in total. The average molecular weight is 189 g/mol. The van der Waals surface area contributed by atoms with Crippen LogP contribution in [0.5, 0.6) is 0 Å². The first-order valence-corrected chi connectivity index (χ1v) is 5.47. The second-order valence-electron chi connectivity index (χ2n) is 4.40. The van der Waals surface area contributed by atoms with Crippen LogP contribution in [0, 0.1) is 11.8 Å². The lowest BCUT2D eigenvalue weighted by atomic mass is 9.76. The fourth-order valence-corrected chi connectivity index (χ4v) is 2.33. The topological polar surface area (TPSA) is 37.8 Å². The summed E-state index contributed by atoms with van der Waals surface area (Å²) in [6, 6.07) is 2.49. The van der Waals surface area contributed by atoms with E-state index in [1.807, 2.05) is 6.07 Å². The molecule has 0 aliphatic heterocycles. The third-order valence-corrected chi connectivity index (χ3v) is 3.44. The van der Waals surface area contributed by atoms with E-state index in [9.17, 15) is 0 Å². The van der Waals surface area contributed by atoms with Crippen molar-refractivity contribution >= 4 is 5.95 Å². The maximum Gasteiger partial charge on any atom is 0.222 e. The Morgan fingerprint density at radius 1 is 1.07 bits per heavy atom. The van der Waals surface area contributed by atoms with Gasteiger partial charge < -0.3 is 5.32 Å². The molecule has 2 aliphatic carbocycles. The first-order chi connectivity index (χ1) is 6.93. The van der Waals surface area contributed by atoms with Crippen molar-refractivity contribution in [3.8, 4) is 0 Å². The van der Waals surface area contributed by atoms with Gasteiger partial charge in [0.05, 0.1) is 0 Å². The Kier molecular flexibility index (Phi) is 1.89. The lowest BCUT2D eigenvalue weighted by Gasteiger charge is -2.37. The summed E-state index contributed by atoms with van der Waals surface area (Å²) in [5.41, 5.74) is 0. The Morgan fingerprint density at radius 2 is 1.86 bits per heavy atom. The highest BCUT2D eigenvalue weighted by Gasteiger charge is 2.42. The number of nitrogens with one attached hydrogen (secondary N) is 1. The van der Waals surface area contributed by atoms with E-state index in [0.29, 0.717) is 6.04 Å². The smallest absolute Gasteiger partial charge is 0.222 e. The SMILES string of the molecule is c1cnc(NC2CCC2C2CC2)nc1. The molecule has 0 radical (unpaired) electrons. The lowest BCUT2D eigenvalue weighted by Crippen LogP contribution is -2.40. The third kappa shape index (κ3) is 1.47. The van der Waals surface area contributed by atoms with Crippen LogP contribution in [0.25, 0.3) is 0 Å². The molecule has 74 valence electrons. The van der Waals surface area contributed by atoms with Gasteiger partial charge in [0.15, 0.2) is 0 Å². The van der Waals surface area contributed by atoms with Crippen molar-refractivity contribution in [1.82, 2.24) is 9.97 Å². The van der Waals surface area contributed by atoms with Crippen LogP contribution >= 0.6 is 0 Å². The van der Waals surface area contributed by atoms with Crippen molar-refractivity contribution in [2.24, 2.45) is 11.8 Å². The van der Waals surface area contributed by atoms with Gasteiger partial charge in [0.2, 0.25) is 5.95 Å². The zero-order valence-corrected chi connectivity index (χ0v) is 8.19. The molecule has 14 heavy (non-hydrogen) atoms. The lowest BCUT2D eigenvalue weighted by molar-refractivity contribution is 0.242. The zero-order valence-electron chi connectivity index (χ0n) is 8.19. The predicted molar refractivity (Wildman–Crippen MR) is 54.9 cm³/mol. The first kappa shape index (κ1) is 8.21. The minimum absolute atomic E-state index is 0.643. The highest BCUT2D eigenvalue weighted by atomic mass is 15.1. The molecule has 0 bridgehead atoms. The number of hydrogen-bond acceptors (Lipinski definition) is 3. The molecule has 0 saturated heterocycles. The summed E-state index contributed by atoms with van der Waals surface area (Å²) in [7, 11) is 0. The monoisotopic (exact) mass is 189 g/mol. The molecule has 2 fully saturated rings. The van der Waals surface area contributed by atoms with E-state index >= 15 is 0 Å². The van der Waals surface area contributed by atoms with Gasteiger partial charge >= 0.3 is 0 Å². The van der Waals surface area contributed by atoms with Gasteiger partial charge in [0.25, 0.3) is 0 Å². The summed E-state index contributed by atoms with van der Waals surface area (Å²) in [6.45, 7) is 0. The summed E-state index contributed by atoms with van der Waals surface area (Å²) < 4.78 is 0. The molecule has 1 heterocycles. The normalized spacial score (nSPS) is 30.9. The van der Waals surface area contributed by atoms with Crippen LogP contribution in [0.15, 0.2) is 18.5 Å². The molecule has 2 saturated carbocycles. The average Bonchev–Trinajstić information content (AvgIpc) is 2.99. The molecular formula is C11H15N3. The van der Waals surface area contributed by atoms with Crippen molar-refractivity contribution in [3.05, 3.63) is 18.5 Å². The molecule has 3 nitrogen and oxygen atoms in total. The molecular weight excluding hydrogens is 174 g/mol. The summed E-state index contributed by atoms with van der Waals surface area (Å²) >= 11 is 0. The number of anilines is 1. The molecule has 0 amide bonds. The Hall–Kier alpha value is -1.12. The predicted octanol–water partition coefficient (Wildman–Crippen LogP) is 2.08. The summed E-state index contributed by atoms with van der Waals surface area (Å²) in [5.74, 6) is 2.70. The molecule has 2 atom stereocenters. The molecule has 2 aliphatic rings. The van der Waals surface area contributed by atoms with Gasteiger partial charge in [0, 0.05) is 18.4 Å². The standard InChI is InChI=1S/C11H15N3/c1-6-12-11(13-7-1)14-10-5-4-9(10)8-2-3-8/h1,6-10H,2-5H2,(H,12,13,14). The van der Waals surface area contributed by atoms with Crippen LogP contribution in [-0.4, -0.2) is 16.0 Å². The van der Waals surface area contributed by atoms with Gasteiger partial charge in [-0.3, -0.25) is 0 Å². The van der Waals surface area contributed by atoms with Gasteiger partial charge in [-0.25, -0.2) is 9.97 Å². The van der Waals surface area contributed by atoms with E-state index in [2.05, 4.69) is 15.3 Å². The summed E-state index contributed by atoms with van der Waals surface area (Å²) in [4.78, 5) is 8.39. The molecule has 0 aromatic carbocycles. The van der Waals surface area contributed by atoms with E-state index in [-0.39, 0.29) is 0 Å². The van der Waals surface area contributed by atoms with Crippen molar-refractivity contribution in [2.75, 3.05) is 5.32 Å². The second kappa shape index (κ2) is 3.23. The molecule has 2 unspecified atom stereocenters. The van der Waals surface area contributed by atoms with Gasteiger partial charge in [-0.1, -0.05) is 0 Å². The Bertz CT molecular complexity index is 308. The van der Waals surface area contributed by atoms with E-state index in [0.717, 1.165) is 17.8 Å². The largest absolute Gasteiger partial charge is 0.351 e. The van der Waals surface area contributed by atoms with E-state index < -0.39 is 0 Å². The first-order valence-electron chi connectivity index (χ1n) is 5.47. The van der Waals surface area contributed by atoms with Crippen molar-refractivity contribution < 1.29 is 0 Å². The molecule has 0 spiro atoms. The summed E-state index contributed by atoms with van der Waals surface area (Å²) in [6.07, 6.45) is 9.16. The molecule has 1 aromatic heterocycles. The van der Waals surface area contributed by atoms with Crippen LogP contribution in [0.4, 0.5) is 5.95 Å². The summed E-state index contributed by atoms with van der Waals surface area (Å²) in [5, 5.41) is 3.43. The van der Waals surface area contributed by atoms with Crippen LogP contribution in [-0.2, 0) is 0 Å². The number of hydrogen-bond donors (Lipinski definition) is 1. The van der Waals surface area contributed by atoms with E-state index in [1.165, 1.54) is 25.7 Å². The quantitative estimate of drug-likeness (QED) is 0.791. The molecule has 3 rings (SSSR count). The van der Waals surface area contributed by atoms with Gasteiger partial charge in [-0.05, 0) is 43.6 Å². The van der Waals surface area contributed by atoms with Crippen LogP contribution in [0.3, 0.4) is 0 Å². The molecule has 3 heteroatoms. The molecule has 1 aromatic rings. The maximum absolute atomic E-state index is 4.19. The van der Waals surface area contributed by atoms with Crippen LogP contribution < -0.4 is 5.32 Å². The van der Waals surface area contributed by atoms with Gasteiger partial charge in [-0.15, -0.1) is 0 Å². The fourth-order valence-electron chi connectivity index (χ4n) is 2.33. The Labute approximate surface area is 84.0 Å². The van der Waals surface area contributed by atoms with E-state index in [4.69, 9.17) is 0 Å². The highest BCUT2D eigenvalue weighted by molar-refractivity contribution is 5.26. The van der Waals surface area contributed by atoms with Crippen molar-refractivity contribution in [1.29, 1.82) is 0 Å².